The Morgan fingerprint density at radius 3 is 2.40 bits per heavy atom. The van der Waals surface area contributed by atoms with E-state index >= 15 is 0 Å². The van der Waals surface area contributed by atoms with E-state index in [1.54, 1.807) is 26.0 Å². The number of anilines is 1. The number of carbonyl (C=O) groups excluding carboxylic acids is 1. The predicted molar refractivity (Wildman–Crippen MR) is 96.1 cm³/mol. The van der Waals surface area contributed by atoms with E-state index in [2.05, 4.69) is 5.32 Å². The molecule has 1 aliphatic carbocycles. The van der Waals surface area contributed by atoms with Crippen LogP contribution in [0.2, 0.25) is 0 Å². The first-order valence-corrected chi connectivity index (χ1v) is 8.95. The van der Waals surface area contributed by atoms with Gasteiger partial charge in [-0.15, -0.1) is 0 Å². The molecule has 138 valence electrons. The Kier molecular flexibility index (Phi) is 5.08. The van der Waals surface area contributed by atoms with Gasteiger partial charge in [0.2, 0.25) is 0 Å². The van der Waals surface area contributed by atoms with Crippen molar-refractivity contribution >= 4 is 11.6 Å². The van der Waals surface area contributed by atoms with Crippen LogP contribution in [0, 0.1) is 5.92 Å². The third-order valence-corrected chi connectivity index (χ3v) is 5.24. The van der Waals surface area contributed by atoms with Crippen LogP contribution in [0.15, 0.2) is 18.2 Å². The van der Waals surface area contributed by atoms with Crippen molar-refractivity contribution in [1.29, 1.82) is 0 Å². The Bertz CT molecular complexity index is 606. The lowest BCUT2D eigenvalue weighted by atomic mass is 9.96. The zero-order chi connectivity index (χ0) is 18.0. The van der Waals surface area contributed by atoms with Crippen LogP contribution in [0.1, 0.15) is 32.6 Å². The van der Waals surface area contributed by atoms with Gasteiger partial charge in [0.05, 0.1) is 14.2 Å². The molecule has 0 radical (unpaired) electrons. The van der Waals surface area contributed by atoms with Crippen LogP contribution in [-0.2, 0) is 4.79 Å². The summed E-state index contributed by atoms with van der Waals surface area (Å²) < 4.78 is 10.6. The summed E-state index contributed by atoms with van der Waals surface area (Å²) >= 11 is 0. The number of hydrogen-bond acceptors (Lipinski definition) is 5. The molecule has 2 aliphatic rings. The predicted octanol–water partition coefficient (Wildman–Crippen LogP) is 2.27. The molecule has 1 saturated carbocycles. The first-order chi connectivity index (χ1) is 11.9. The van der Waals surface area contributed by atoms with Gasteiger partial charge < -0.3 is 24.8 Å². The van der Waals surface area contributed by atoms with E-state index in [0.717, 1.165) is 42.9 Å². The van der Waals surface area contributed by atoms with Crippen molar-refractivity contribution in [1.82, 2.24) is 4.90 Å². The molecule has 1 aliphatic heterocycles. The Balaban J connectivity index is 1.66. The molecular weight excluding hydrogens is 320 g/mol. The summed E-state index contributed by atoms with van der Waals surface area (Å²) in [6.45, 7) is 2.97. The minimum absolute atomic E-state index is 0.121. The number of amides is 1. The van der Waals surface area contributed by atoms with E-state index in [1.165, 1.54) is 0 Å². The van der Waals surface area contributed by atoms with Crippen molar-refractivity contribution < 1.29 is 19.4 Å². The van der Waals surface area contributed by atoms with Crippen molar-refractivity contribution in [2.24, 2.45) is 5.92 Å². The van der Waals surface area contributed by atoms with Crippen LogP contribution in [-0.4, -0.2) is 54.9 Å². The first-order valence-electron chi connectivity index (χ1n) is 8.95. The molecule has 2 atom stereocenters. The molecule has 1 heterocycles. The number of rotatable bonds is 6. The molecule has 2 fully saturated rings. The van der Waals surface area contributed by atoms with Crippen LogP contribution in [0.5, 0.6) is 11.5 Å². The quantitative estimate of drug-likeness (QED) is 0.825. The molecule has 1 saturated heterocycles. The summed E-state index contributed by atoms with van der Waals surface area (Å²) in [5.74, 6) is 1.44. The van der Waals surface area contributed by atoms with Gasteiger partial charge in [0.15, 0.2) is 0 Å². The maximum absolute atomic E-state index is 12.7. The highest BCUT2D eigenvalue weighted by Crippen LogP contribution is 2.40. The number of carbonyl (C=O) groups is 1. The second-order valence-electron chi connectivity index (χ2n) is 7.26. The topological polar surface area (TPSA) is 71.0 Å². The summed E-state index contributed by atoms with van der Waals surface area (Å²) in [6, 6.07) is 5.81. The monoisotopic (exact) mass is 348 g/mol. The zero-order valence-electron chi connectivity index (χ0n) is 15.2. The van der Waals surface area contributed by atoms with Crippen LogP contribution >= 0.6 is 0 Å². The average molecular weight is 348 g/mol. The second kappa shape index (κ2) is 7.12. The summed E-state index contributed by atoms with van der Waals surface area (Å²) in [6.07, 6.45) is 3.79. The van der Waals surface area contributed by atoms with Crippen molar-refractivity contribution in [3.05, 3.63) is 18.2 Å². The standard InChI is InChI=1S/C19H28N2O4/c1-19(23,13-6-7-13)18(22)21-8-4-5-14(12-21)20-15-9-16(24-2)11-17(10-15)25-3/h9-11,13-14,20,23H,4-8,12H2,1-3H3/t14-,19-/m0/s1. The molecule has 0 unspecified atom stereocenters. The smallest absolute Gasteiger partial charge is 0.254 e. The third-order valence-electron chi connectivity index (χ3n) is 5.24. The first kappa shape index (κ1) is 17.9. The lowest BCUT2D eigenvalue weighted by Gasteiger charge is -2.37. The van der Waals surface area contributed by atoms with Gasteiger partial charge >= 0.3 is 0 Å². The van der Waals surface area contributed by atoms with Gasteiger partial charge in [-0.05, 0) is 38.5 Å². The second-order valence-corrected chi connectivity index (χ2v) is 7.26. The Hall–Kier alpha value is -1.95. The number of hydrogen-bond donors (Lipinski definition) is 2. The molecule has 3 rings (SSSR count). The molecular formula is C19H28N2O4. The number of nitrogens with one attached hydrogen (secondary N) is 1. The lowest BCUT2D eigenvalue weighted by molar-refractivity contribution is -0.152. The highest BCUT2D eigenvalue weighted by atomic mass is 16.5. The normalized spacial score (nSPS) is 22.9. The highest BCUT2D eigenvalue weighted by molar-refractivity contribution is 5.85. The summed E-state index contributed by atoms with van der Waals surface area (Å²) in [4.78, 5) is 14.5. The van der Waals surface area contributed by atoms with Crippen LogP contribution < -0.4 is 14.8 Å². The van der Waals surface area contributed by atoms with Crippen molar-refractivity contribution in [3.63, 3.8) is 0 Å². The van der Waals surface area contributed by atoms with Gasteiger partial charge in [0, 0.05) is 43.0 Å². The van der Waals surface area contributed by atoms with Gasteiger partial charge in [-0.1, -0.05) is 0 Å². The fourth-order valence-electron chi connectivity index (χ4n) is 3.55. The van der Waals surface area contributed by atoms with E-state index in [0.29, 0.717) is 13.1 Å². The number of likely N-dealkylation sites (tertiary alicyclic amines) is 1. The average Bonchev–Trinajstić information content (AvgIpc) is 3.46. The molecule has 1 aromatic carbocycles. The molecule has 0 spiro atoms. The summed E-state index contributed by atoms with van der Waals surface area (Å²) in [5, 5.41) is 14.0. The molecule has 0 bridgehead atoms. The van der Waals surface area contributed by atoms with Gasteiger partial charge in [0.25, 0.3) is 5.91 Å². The number of aliphatic hydroxyl groups is 1. The summed E-state index contributed by atoms with van der Waals surface area (Å²) in [5.41, 5.74) is -0.314. The van der Waals surface area contributed by atoms with E-state index in [9.17, 15) is 9.90 Å². The van der Waals surface area contributed by atoms with Crippen molar-refractivity contribution in [2.75, 3.05) is 32.6 Å². The van der Waals surface area contributed by atoms with E-state index in [-0.39, 0.29) is 17.9 Å². The minimum Gasteiger partial charge on any atom is -0.497 e. The Morgan fingerprint density at radius 1 is 1.20 bits per heavy atom. The molecule has 1 aromatic rings. The molecule has 6 heteroatoms. The maximum Gasteiger partial charge on any atom is 0.254 e. The zero-order valence-corrected chi connectivity index (χ0v) is 15.2. The summed E-state index contributed by atoms with van der Waals surface area (Å²) in [7, 11) is 3.25. The fraction of sp³-hybridized carbons (Fsp3) is 0.632. The van der Waals surface area contributed by atoms with Gasteiger partial charge in [0.1, 0.15) is 17.1 Å². The number of benzene rings is 1. The number of methoxy groups -OCH3 is 2. The molecule has 6 nitrogen and oxygen atoms in total. The van der Waals surface area contributed by atoms with Gasteiger partial charge in [-0.2, -0.15) is 0 Å². The van der Waals surface area contributed by atoms with Gasteiger partial charge in [-0.3, -0.25) is 4.79 Å². The van der Waals surface area contributed by atoms with Crippen LogP contribution in [0.4, 0.5) is 5.69 Å². The molecule has 25 heavy (non-hydrogen) atoms. The number of piperidine rings is 1. The SMILES string of the molecule is COc1cc(N[C@H]2CCCN(C(=O)[C@@](C)(O)C3CC3)C2)cc(OC)c1. The van der Waals surface area contributed by atoms with Crippen LogP contribution in [0.3, 0.4) is 0 Å². The van der Waals surface area contributed by atoms with Crippen molar-refractivity contribution in [2.45, 2.75) is 44.2 Å². The Morgan fingerprint density at radius 2 is 1.84 bits per heavy atom. The number of ether oxygens (including phenoxy) is 2. The van der Waals surface area contributed by atoms with Crippen LogP contribution in [0.25, 0.3) is 0 Å². The molecule has 0 aromatic heterocycles. The van der Waals surface area contributed by atoms with E-state index in [4.69, 9.17) is 9.47 Å². The highest BCUT2D eigenvalue weighted by Gasteiger charge is 2.48. The van der Waals surface area contributed by atoms with E-state index in [1.807, 2.05) is 18.2 Å². The van der Waals surface area contributed by atoms with E-state index < -0.39 is 5.60 Å². The maximum atomic E-state index is 12.7. The minimum atomic E-state index is -1.22. The van der Waals surface area contributed by atoms with Crippen molar-refractivity contribution in [3.8, 4) is 11.5 Å². The molecule has 1 amide bonds. The largest absolute Gasteiger partial charge is 0.497 e. The molecule has 2 N–H and O–H groups in total. The fourth-order valence-corrected chi connectivity index (χ4v) is 3.55. The Labute approximate surface area is 149 Å². The lowest BCUT2D eigenvalue weighted by Crippen LogP contribution is -2.53. The van der Waals surface area contributed by atoms with Gasteiger partial charge in [-0.25, -0.2) is 0 Å². The number of nitrogens with zero attached hydrogens (tertiary/aromatic N) is 1. The third kappa shape index (κ3) is 4.00.